The first kappa shape index (κ1) is 22.5. The van der Waals surface area contributed by atoms with Crippen molar-refractivity contribution in [3.8, 4) is 5.75 Å². The second-order valence-electron chi connectivity index (χ2n) is 6.63. The zero-order chi connectivity index (χ0) is 21.4. The van der Waals surface area contributed by atoms with E-state index in [-0.39, 0.29) is 36.5 Å². The number of ether oxygens (including phenoxy) is 2. The second-order valence-corrected chi connectivity index (χ2v) is 7.62. The summed E-state index contributed by atoms with van der Waals surface area (Å²) in [6.45, 7) is 5.91. The van der Waals surface area contributed by atoms with Crippen LogP contribution < -0.4 is 10.1 Å². The highest BCUT2D eigenvalue weighted by Crippen LogP contribution is 2.32. The Balaban J connectivity index is 1.96. The minimum absolute atomic E-state index is 0.190. The lowest BCUT2D eigenvalue weighted by molar-refractivity contribution is -0.145. The topological polar surface area (TPSA) is 102 Å². The van der Waals surface area contributed by atoms with Gasteiger partial charge in [-0.2, -0.15) is 0 Å². The Morgan fingerprint density at radius 3 is 2.52 bits per heavy atom. The first-order valence-electron chi connectivity index (χ1n) is 9.20. The average molecular weight is 420 g/mol. The van der Waals surface area contributed by atoms with Gasteiger partial charge in [-0.1, -0.05) is 26.0 Å². The lowest BCUT2D eigenvalue weighted by atomic mass is 10.2. The van der Waals surface area contributed by atoms with Crippen LogP contribution in [0.25, 0.3) is 6.08 Å². The Labute approximate surface area is 173 Å². The average Bonchev–Trinajstić information content (AvgIpc) is 2.93. The summed E-state index contributed by atoms with van der Waals surface area (Å²) >= 11 is 0.793. The molecule has 1 aromatic rings. The van der Waals surface area contributed by atoms with Gasteiger partial charge in [0.2, 0.25) is 5.91 Å². The van der Waals surface area contributed by atoms with Gasteiger partial charge < -0.3 is 14.8 Å². The van der Waals surface area contributed by atoms with Crippen LogP contribution in [0, 0.1) is 5.92 Å². The quantitative estimate of drug-likeness (QED) is 0.483. The summed E-state index contributed by atoms with van der Waals surface area (Å²) in [6.07, 6.45) is 1.58. The molecule has 8 nitrogen and oxygen atoms in total. The summed E-state index contributed by atoms with van der Waals surface area (Å²) in [6, 6.07) is 6.69. The van der Waals surface area contributed by atoms with Crippen LogP contribution in [0.5, 0.6) is 5.75 Å². The number of nitrogens with zero attached hydrogens (tertiary/aromatic N) is 1. The van der Waals surface area contributed by atoms with E-state index in [1.165, 1.54) is 0 Å². The number of benzene rings is 1. The molecule has 1 aromatic carbocycles. The number of amides is 3. The van der Waals surface area contributed by atoms with E-state index < -0.39 is 17.1 Å². The van der Waals surface area contributed by atoms with Crippen molar-refractivity contribution in [2.45, 2.75) is 20.8 Å². The van der Waals surface area contributed by atoms with Crippen molar-refractivity contribution >= 4 is 40.9 Å². The lowest BCUT2D eigenvalue weighted by Gasteiger charge is -2.13. The van der Waals surface area contributed by atoms with E-state index in [2.05, 4.69) is 5.32 Å². The minimum atomic E-state index is -0.498. The van der Waals surface area contributed by atoms with Gasteiger partial charge >= 0.3 is 5.97 Å². The fourth-order valence-electron chi connectivity index (χ4n) is 2.31. The van der Waals surface area contributed by atoms with Gasteiger partial charge in [0.25, 0.3) is 11.1 Å². The number of thioether (sulfide) groups is 1. The highest BCUT2D eigenvalue weighted by atomic mass is 32.2. The number of nitrogens with one attached hydrogen (secondary N) is 1. The molecule has 0 bridgehead atoms. The van der Waals surface area contributed by atoms with E-state index in [0.717, 1.165) is 16.7 Å². The lowest BCUT2D eigenvalue weighted by Crippen LogP contribution is -2.40. The molecule has 0 aliphatic carbocycles. The van der Waals surface area contributed by atoms with E-state index in [9.17, 15) is 19.2 Å². The van der Waals surface area contributed by atoms with Crippen LogP contribution in [0.4, 0.5) is 4.79 Å². The van der Waals surface area contributed by atoms with Crippen molar-refractivity contribution in [1.29, 1.82) is 0 Å². The second kappa shape index (κ2) is 10.7. The van der Waals surface area contributed by atoms with Crippen LogP contribution >= 0.6 is 11.8 Å². The molecule has 1 heterocycles. The van der Waals surface area contributed by atoms with E-state index in [1.54, 1.807) is 37.3 Å². The monoisotopic (exact) mass is 420 g/mol. The van der Waals surface area contributed by atoms with E-state index in [4.69, 9.17) is 9.47 Å². The maximum absolute atomic E-state index is 12.5. The van der Waals surface area contributed by atoms with Crippen LogP contribution in [0.2, 0.25) is 0 Å². The molecule has 9 heteroatoms. The third-order valence-corrected chi connectivity index (χ3v) is 4.63. The van der Waals surface area contributed by atoms with E-state index in [0.29, 0.717) is 17.9 Å². The highest BCUT2D eigenvalue weighted by molar-refractivity contribution is 8.18. The zero-order valence-corrected chi connectivity index (χ0v) is 17.4. The minimum Gasteiger partial charge on any atom is -0.482 e. The largest absolute Gasteiger partial charge is 0.482 e. The van der Waals surface area contributed by atoms with Crippen LogP contribution in [0.1, 0.15) is 26.3 Å². The molecule has 0 saturated carbocycles. The molecule has 29 heavy (non-hydrogen) atoms. The molecule has 3 amide bonds. The third kappa shape index (κ3) is 6.94. The number of rotatable bonds is 9. The van der Waals surface area contributed by atoms with Crippen LogP contribution in [0.3, 0.4) is 0 Å². The number of imide groups is 1. The van der Waals surface area contributed by atoms with Crippen molar-refractivity contribution in [2.75, 3.05) is 26.3 Å². The summed E-state index contributed by atoms with van der Waals surface area (Å²) in [5.74, 6) is -0.571. The number of esters is 1. The Morgan fingerprint density at radius 1 is 1.21 bits per heavy atom. The number of hydrogen-bond acceptors (Lipinski definition) is 7. The molecular weight excluding hydrogens is 396 g/mol. The third-order valence-electron chi connectivity index (χ3n) is 3.72. The van der Waals surface area contributed by atoms with Crippen molar-refractivity contribution in [1.82, 2.24) is 10.2 Å². The molecule has 0 atom stereocenters. The van der Waals surface area contributed by atoms with Gasteiger partial charge in [0.05, 0.1) is 11.5 Å². The van der Waals surface area contributed by atoms with E-state index in [1.807, 2.05) is 13.8 Å². The van der Waals surface area contributed by atoms with E-state index >= 15 is 0 Å². The maximum Gasteiger partial charge on any atom is 0.344 e. The Bertz CT molecular complexity index is 804. The molecule has 1 aliphatic heterocycles. The van der Waals surface area contributed by atoms with Gasteiger partial charge in [-0.25, -0.2) is 4.79 Å². The highest BCUT2D eigenvalue weighted by Gasteiger charge is 2.36. The van der Waals surface area contributed by atoms with Gasteiger partial charge in [-0.15, -0.1) is 0 Å². The summed E-state index contributed by atoms with van der Waals surface area (Å²) in [5.41, 5.74) is 0.684. The summed E-state index contributed by atoms with van der Waals surface area (Å²) in [7, 11) is 0. The Kier molecular flexibility index (Phi) is 8.26. The van der Waals surface area contributed by atoms with Crippen molar-refractivity contribution < 1.29 is 28.7 Å². The van der Waals surface area contributed by atoms with Gasteiger partial charge in [0, 0.05) is 6.54 Å². The molecular formula is C20H24N2O6S. The Morgan fingerprint density at radius 2 is 1.90 bits per heavy atom. The first-order valence-corrected chi connectivity index (χ1v) is 10.0. The summed E-state index contributed by atoms with van der Waals surface area (Å²) in [4.78, 5) is 48.9. The molecule has 0 aromatic heterocycles. The molecule has 0 unspecified atom stereocenters. The summed E-state index contributed by atoms with van der Waals surface area (Å²) in [5, 5.41) is 2.21. The van der Waals surface area contributed by atoms with Crippen LogP contribution in [-0.2, 0) is 19.1 Å². The number of hydrogen-bond donors (Lipinski definition) is 1. The molecule has 1 aliphatic rings. The van der Waals surface area contributed by atoms with Crippen molar-refractivity contribution in [3.05, 3.63) is 34.7 Å². The molecule has 1 fully saturated rings. The first-order chi connectivity index (χ1) is 13.8. The van der Waals surface area contributed by atoms with Crippen molar-refractivity contribution in [2.24, 2.45) is 5.92 Å². The molecule has 1 saturated heterocycles. The van der Waals surface area contributed by atoms with Gasteiger partial charge in [0.1, 0.15) is 12.3 Å². The fraction of sp³-hybridized carbons (Fsp3) is 0.400. The standard InChI is InChI=1S/C20H24N2O6S/c1-4-27-18(24)12-28-15-7-5-14(6-8-15)9-16-19(25)22(20(26)29-16)11-17(23)21-10-13(2)3/h5-9,13H,4,10-12H2,1-3H3,(H,21,23)/b16-9-. The molecule has 0 radical (unpaired) electrons. The van der Waals surface area contributed by atoms with Crippen LogP contribution in [0.15, 0.2) is 29.2 Å². The molecule has 1 N–H and O–H groups in total. The van der Waals surface area contributed by atoms with Gasteiger partial charge in [-0.05, 0) is 48.4 Å². The molecule has 156 valence electrons. The normalized spacial score (nSPS) is 15.2. The zero-order valence-electron chi connectivity index (χ0n) is 16.6. The maximum atomic E-state index is 12.5. The molecule has 0 spiro atoms. The SMILES string of the molecule is CCOC(=O)COc1ccc(/C=C2\SC(=O)N(CC(=O)NCC(C)C)C2=O)cc1. The number of carbonyl (C=O) groups is 4. The number of carbonyl (C=O) groups excluding carboxylic acids is 4. The molecule has 2 rings (SSSR count). The predicted molar refractivity (Wildman–Crippen MR) is 109 cm³/mol. The van der Waals surface area contributed by atoms with Gasteiger partial charge in [0.15, 0.2) is 6.61 Å². The smallest absolute Gasteiger partial charge is 0.344 e. The predicted octanol–water partition coefficient (Wildman–Crippen LogP) is 2.44. The summed E-state index contributed by atoms with van der Waals surface area (Å²) < 4.78 is 10.1. The van der Waals surface area contributed by atoms with Gasteiger partial charge in [-0.3, -0.25) is 19.3 Å². The van der Waals surface area contributed by atoms with Crippen molar-refractivity contribution in [3.63, 3.8) is 0 Å². The Hall–Kier alpha value is -2.81. The fourth-order valence-corrected chi connectivity index (χ4v) is 3.15. The van der Waals surface area contributed by atoms with Crippen LogP contribution in [-0.4, -0.2) is 54.2 Å².